The lowest BCUT2D eigenvalue weighted by atomic mass is 10.1. The molecule has 0 aliphatic rings. The van der Waals surface area contributed by atoms with Gasteiger partial charge in [-0.05, 0) is 12.1 Å². The topological polar surface area (TPSA) is 53.1 Å². The number of para-hydroxylation sites is 1. The smallest absolute Gasteiger partial charge is 0.123 e. The van der Waals surface area contributed by atoms with Gasteiger partial charge in [0.25, 0.3) is 0 Å². The second kappa shape index (κ2) is 4.81. The van der Waals surface area contributed by atoms with Gasteiger partial charge in [-0.3, -0.25) is 4.68 Å². The molecule has 16 heavy (non-hydrogen) atoms. The molecule has 0 fully saturated rings. The normalized spacial score (nSPS) is 12.4. The monoisotopic (exact) mass is 217 g/mol. The summed E-state index contributed by atoms with van der Waals surface area (Å²) >= 11 is 0. The van der Waals surface area contributed by atoms with Gasteiger partial charge in [-0.25, -0.2) is 0 Å². The molecule has 0 saturated carbocycles. The van der Waals surface area contributed by atoms with Crippen LogP contribution in [-0.2, 0) is 6.54 Å². The van der Waals surface area contributed by atoms with E-state index in [0.29, 0.717) is 6.54 Å². The van der Waals surface area contributed by atoms with Gasteiger partial charge in [0.2, 0.25) is 0 Å². The fourth-order valence-corrected chi connectivity index (χ4v) is 1.68. The van der Waals surface area contributed by atoms with Crippen LogP contribution >= 0.6 is 0 Å². The fraction of sp³-hybridized carbons (Fsp3) is 0.250. The number of hydrogen-bond acceptors (Lipinski definition) is 3. The molecule has 1 aromatic carbocycles. The van der Waals surface area contributed by atoms with Gasteiger partial charge in [-0.1, -0.05) is 18.2 Å². The maximum atomic E-state index is 6.12. The van der Waals surface area contributed by atoms with Gasteiger partial charge < -0.3 is 10.5 Å². The summed E-state index contributed by atoms with van der Waals surface area (Å²) in [4.78, 5) is 0. The summed E-state index contributed by atoms with van der Waals surface area (Å²) in [6.07, 6.45) is 3.64. The first-order valence-corrected chi connectivity index (χ1v) is 5.17. The second-order valence-corrected chi connectivity index (χ2v) is 3.58. The lowest BCUT2D eigenvalue weighted by Gasteiger charge is -2.15. The first-order valence-electron chi connectivity index (χ1n) is 5.17. The Kier molecular flexibility index (Phi) is 3.22. The highest BCUT2D eigenvalue weighted by atomic mass is 16.5. The van der Waals surface area contributed by atoms with Gasteiger partial charge in [0.05, 0.1) is 19.7 Å². The van der Waals surface area contributed by atoms with Crippen molar-refractivity contribution >= 4 is 0 Å². The molecule has 0 spiro atoms. The Morgan fingerprint density at radius 3 is 2.88 bits per heavy atom. The SMILES string of the molecule is COc1ccccc1C(N)Cn1cccn1. The molecule has 0 saturated heterocycles. The highest BCUT2D eigenvalue weighted by Crippen LogP contribution is 2.23. The van der Waals surface area contributed by atoms with Crippen molar-refractivity contribution in [3.05, 3.63) is 48.3 Å². The van der Waals surface area contributed by atoms with Crippen molar-refractivity contribution in [2.45, 2.75) is 12.6 Å². The van der Waals surface area contributed by atoms with Crippen LogP contribution in [0.15, 0.2) is 42.7 Å². The van der Waals surface area contributed by atoms with Gasteiger partial charge in [0, 0.05) is 18.0 Å². The zero-order valence-electron chi connectivity index (χ0n) is 9.21. The van der Waals surface area contributed by atoms with E-state index in [2.05, 4.69) is 5.10 Å². The zero-order valence-corrected chi connectivity index (χ0v) is 9.21. The van der Waals surface area contributed by atoms with Crippen molar-refractivity contribution in [1.29, 1.82) is 0 Å². The zero-order chi connectivity index (χ0) is 11.4. The minimum absolute atomic E-state index is 0.115. The van der Waals surface area contributed by atoms with E-state index in [-0.39, 0.29) is 6.04 Å². The highest BCUT2D eigenvalue weighted by Gasteiger charge is 2.11. The van der Waals surface area contributed by atoms with Gasteiger partial charge in [0.15, 0.2) is 0 Å². The Hall–Kier alpha value is -1.81. The lowest BCUT2D eigenvalue weighted by Crippen LogP contribution is -2.18. The van der Waals surface area contributed by atoms with Gasteiger partial charge in [0.1, 0.15) is 5.75 Å². The molecule has 1 heterocycles. The summed E-state index contributed by atoms with van der Waals surface area (Å²) in [5.74, 6) is 0.821. The van der Waals surface area contributed by atoms with Crippen LogP contribution in [0.2, 0.25) is 0 Å². The highest BCUT2D eigenvalue weighted by molar-refractivity contribution is 5.35. The number of hydrogen-bond donors (Lipinski definition) is 1. The number of methoxy groups -OCH3 is 1. The molecular formula is C12H15N3O. The summed E-state index contributed by atoms with van der Waals surface area (Å²) in [5, 5.41) is 4.13. The molecule has 0 radical (unpaired) electrons. The first kappa shape index (κ1) is 10.7. The Morgan fingerprint density at radius 1 is 1.38 bits per heavy atom. The number of nitrogens with two attached hydrogens (primary N) is 1. The van der Waals surface area contributed by atoms with E-state index in [1.54, 1.807) is 13.3 Å². The maximum Gasteiger partial charge on any atom is 0.123 e. The van der Waals surface area contributed by atoms with Crippen LogP contribution in [0.4, 0.5) is 0 Å². The molecule has 2 aromatic rings. The van der Waals surface area contributed by atoms with Crippen molar-refractivity contribution in [3.8, 4) is 5.75 Å². The average molecular weight is 217 g/mol. The maximum absolute atomic E-state index is 6.12. The van der Waals surface area contributed by atoms with Crippen molar-refractivity contribution in [2.24, 2.45) is 5.73 Å². The van der Waals surface area contributed by atoms with Crippen LogP contribution in [0.5, 0.6) is 5.75 Å². The van der Waals surface area contributed by atoms with Gasteiger partial charge in [-0.2, -0.15) is 5.10 Å². The summed E-state index contributed by atoms with van der Waals surface area (Å²) in [7, 11) is 1.65. The predicted octanol–water partition coefficient (Wildman–Crippen LogP) is 1.59. The summed E-state index contributed by atoms with van der Waals surface area (Å²) < 4.78 is 7.09. The molecule has 0 aliphatic heterocycles. The Morgan fingerprint density at radius 2 is 2.19 bits per heavy atom. The van der Waals surface area contributed by atoms with E-state index < -0.39 is 0 Å². The number of ether oxygens (including phenoxy) is 1. The summed E-state index contributed by atoms with van der Waals surface area (Å²) in [5.41, 5.74) is 7.12. The molecule has 2 N–H and O–H groups in total. The Labute approximate surface area is 94.6 Å². The standard InChI is InChI=1S/C12H15N3O/c1-16-12-6-3-2-5-10(12)11(13)9-15-8-4-7-14-15/h2-8,11H,9,13H2,1H3. The van der Waals surface area contributed by atoms with Crippen LogP contribution in [0, 0.1) is 0 Å². The van der Waals surface area contributed by atoms with Crippen LogP contribution in [-0.4, -0.2) is 16.9 Å². The molecule has 4 heteroatoms. The van der Waals surface area contributed by atoms with Crippen molar-refractivity contribution < 1.29 is 4.74 Å². The number of benzene rings is 1. The first-order chi connectivity index (χ1) is 7.81. The molecule has 0 bridgehead atoms. The predicted molar refractivity (Wildman–Crippen MR) is 62.1 cm³/mol. The van der Waals surface area contributed by atoms with E-state index in [4.69, 9.17) is 10.5 Å². The van der Waals surface area contributed by atoms with E-state index in [1.807, 2.05) is 41.2 Å². The molecule has 84 valence electrons. The minimum atomic E-state index is -0.115. The molecular weight excluding hydrogens is 202 g/mol. The van der Waals surface area contributed by atoms with Crippen LogP contribution in [0.3, 0.4) is 0 Å². The third-order valence-corrected chi connectivity index (χ3v) is 2.48. The third-order valence-electron chi connectivity index (χ3n) is 2.48. The molecule has 0 amide bonds. The molecule has 0 aliphatic carbocycles. The average Bonchev–Trinajstić information content (AvgIpc) is 2.81. The fourth-order valence-electron chi connectivity index (χ4n) is 1.68. The van der Waals surface area contributed by atoms with Gasteiger partial charge >= 0.3 is 0 Å². The second-order valence-electron chi connectivity index (χ2n) is 3.58. The summed E-state index contributed by atoms with van der Waals surface area (Å²) in [6.45, 7) is 0.646. The van der Waals surface area contributed by atoms with Crippen LogP contribution in [0.25, 0.3) is 0 Å². The molecule has 1 atom stereocenters. The van der Waals surface area contributed by atoms with E-state index in [9.17, 15) is 0 Å². The molecule has 1 unspecified atom stereocenters. The van der Waals surface area contributed by atoms with E-state index >= 15 is 0 Å². The van der Waals surface area contributed by atoms with E-state index in [0.717, 1.165) is 11.3 Å². The van der Waals surface area contributed by atoms with Crippen molar-refractivity contribution in [3.63, 3.8) is 0 Å². The van der Waals surface area contributed by atoms with Crippen LogP contribution < -0.4 is 10.5 Å². The third kappa shape index (κ3) is 2.23. The minimum Gasteiger partial charge on any atom is -0.496 e. The van der Waals surface area contributed by atoms with Gasteiger partial charge in [-0.15, -0.1) is 0 Å². The van der Waals surface area contributed by atoms with Crippen molar-refractivity contribution in [1.82, 2.24) is 9.78 Å². The number of rotatable bonds is 4. The molecule has 4 nitrogen and oxygen atoms in total. The lowest BCUT2D eigenvalue weighted by molar-refractivity contribution is 0.400. The number of aromatic nitrogens is 2. The summed E-state index contributed by atoms with van der Waals surface area (Å²) in [6, 6.07) is 9.56. The number of nitrogens with zero attached hydrogens (tertiary/aromatic N) is 2. The quantitative estimate of drug-likeness (QED) is 0.846. The Bertz CT molecular complexity index is 439. The van der Waals surface area contributed by atoms with Crippen LogP contribution in [0.1, 0.15) is 11.6 Å². The Balaban J connectivity index is 2.17. The largest absolute Gasteiger partial charge is 0.496 e. The molecule has 2 rings (SSSR count). The molecule has 1 aromatic heterocycles. The van der Waals surface area contributed by atoms with Crippen molar-refractivity contribution in [2.75, 3.05) is 7.11 Å². The van der Waals surface area contributed by atoms with E-state index in [1.165, 1.54) is 0 Å².